The Morgan fingerprint density at radius 3 is 2.70 bits per heavy atom. The quantitative estimate of drug-likeness (QED) is 0.630. The molecule has 1 saturated carbocycles. The van der Waals surface area contributed by atoms with Crippen molar-refractivity contribution in [2.45, 2.75) is 50.4 Å². The second-order valence-electron chi connectivity index (χ2n) is 7.25. The van der Waals surface area contributed by atoms with Gasteiger partial charge in [-0.2, -0.15) is 0 Å². The Morgan fingerprint density at radius 1 is 1.07 bits per heavy atom. The van der Waals surface area contributed by atoms with Crippen LogP contribution in [0.15, 0.2) is 54.6 Å². The second kappa shape index (κ2) is 9.72. The summed E-state index contributed by atoms with van der Waals surface area (Å²) in [6.07, 6.45) is 9.09. The van der Waals surface area contributed by atoms with E-state index in [4.69, 9.17) is 9.47 Å². The van der Waals surface area contributed by atoms with Crippen LogP contribution >= 0.6 is 0 Å². The number of rotatable bonds is 3. The smallest absolute Gasteiger partial charge is 0.306 e. The van der Waals surface area contributed by atoms with E-state index in [1.807, 2.05) is 48.6 Å². The molecule has 3 rings (SSSR count). The minimum absolute atomic E-state index is 0.0281. The van der Waals surface area contributed by atoms with Crippen LogP contribution in [-0.4, -0.2) is 41.1 Å². The molecule has 0 radical (unpaired) electrons. The number of carbonyl (C=O) groups is 1. The van der Waals surface area contributed by atoms with Gasteiger partial charge in [-0.3, -0.25) is 4.79 Å². The van der Waals surface area contributed by atoms with E-state index >= 15 is 0 Å². The number of allylic oxidation sites excluding steroid dienone is 2. The molecular formula is C22H28O5. The van der Waals surface area contributed by atoms with Crippen molar-refractivity contribution in [3.8, 4) is 5.75 Å². The Hall–Kier alpha value is -2.11. The van der Waals surface area contributed by atoms with Gasteiger partial charge in [-0.15, -0.1) is 0 Å². The first-order valence-electron chi connectivity index (χ1n) is 9.70. The van der Waals surface area contributed by atoms with Gasteiger partial charge in [0, 0.05) is 18.8 Å². The number of hydrogen-bond donors (Lipinski definition) is 2. The van der Waals surface area contributed by atoms with Gasteiger partial charge in [0.2, 0.25) is 0 Å². The van der Waals surface area contributed by atoms with E-state index < -0.39 is 18.3 Å². The van der Waals surface area contributed by atoms with Crippen molar-refractivity contribution in [2.75, 3.05) is 6.61 Å². The highest BCUT2D eigenvalue weighted by atomic mass is 16.6. The summed E-state index contributed by atoms with van der Waals surface area (Å²) in [5.41, 5.74) is 0. The predicted octanol–water partition coefficient (Wildman–Crippen LogP) is 3.02. The third kappa shape index (κ3) is 5.68. The zero-order chi connectivity index (χ0) is 19.1. The summed E-state index contributed by atoms with van der Waals surface area (Å²) in [6, 6.07) is 9.38. The Labute approximate surface area is 160 Å². The largest absolute Gasteiger partial charge is 0.489 e. The molecule has 0 aromatic heterocycles. The van der Waals surface area contributed by atoms with Gasteiger partial charge in [-0.05, 0) is 43.4 Å². The molecule has 1 aromatic rings. The normalized spacial score (nSPS) is 34.3. The zero-order valence-electron chi connectivity index (χ0n) is 15.4. The molecule has 146 valence electrons. The maximum absolute atomic E-state index is 12.1. The lowest BCUT2D eigenvalue weighted by Crippen LogP contribution is -2.25. The van der Waals surface area contributed by atoms with Gasteiger partial charge < -0.3 is 19.7 Å². The van der Waals surface area contributed by atoms with Crippen LogP contribution in [0.2, 0.25) is 0 Å². The lowest BCUT2D eigenvalue weighted by Gasteiger charge is -2.20. The summed E-state index contributed by atoms with van der Waals surface area (Å²) < 4.78 is 11.3. The van der Waals surface area contributed by atoms with E-state index in [9.17, 15) is 15.0 Å². The molecule has 0 unspecified atom stereocenters. The molecule has 27 heavy (non-hydrogen) atoms. The van der Waals surface area contributed by atoms with E-state index in [1.54, 1.807) is 6.08 Å². The Morgan fingerprint density at radius 2 is 1.89 bits per heavy atom. The predicted molar refractivity (Wildman–Crippen MR) is 102 cm³/mol. The molecule has 5 heteroatoms. The summed E-state index contributed by atoms with van der Waals surface area (Å²) in [4.78, 5) is 12.1. The summed E-state index contributed by atoms with van der Waals surface area (Å²) in [5.74, 6) is 0.267. The first-order chi connectivity index (χ1) is 13.1. The molecule has 2 aliphatic rings. The fourth-order valence-corrected chi connectivity index (χ4v) is 3.75. The van der Waals surface area contributed by atoms with E-state index in [0.717, 1.165) is 12.8 Å². The molecular weight excluding hydrogens is 344 g/mol. The van der Waals surface area contributed by atoms with Crippen molar-refractivity contribution in [1.82, 2.24) is 0 Å². The van der Waals surface area contributed by atoms with Crippen LogP contribution in [0.4, 0.5) is 0 Å². The lowest BCUT2D eigenvalue weighted by atomic mass is 9.89. The molecule has 5 atom stereocenters. The minimum atomic E-state index is -0.592. The lowest BCUT2D eigenvalue weighted by molar-refractivity contribution is -0.148. The molecule has 1 aliphatic heterocycles. The number of aliphatic hydroxyl groups is 2. The molecule has 0 bridgehead atoms. The first-order valence-corrected chi connectivity index (χ1v) is 9.70. The van der Waals surface area contributed by atoms with Crippen molar-refractivity contribution in [1.29, 1.82) is 0 Å². The van der Waals surface area contributed by atoms with Crippen molar-refractivity contribution in [3.63, 3.8) is 0 Å². The van der Waals surface area contributed by atoms with Crippen molar-refractivity contribution in [3.05, 3.63) is 54.6 Å². The molecule has 2 N–H and O–H groups in total. The average Bonchev–Trinajstić information content (AvgIpc) is 2.94. The SMILES string of the molecule is O=C1CCC/C=C\C[C@@H]2[C@@H](/C=C/[C@H](COc3ccccc3)O1)[C@H](O)C[C@@H]2O. The number of benzene rings is 1. The maximum Gasteiger partial charge on any atom is 0.306 e. The van der Waals surface area contributed by atoms with Crippen LogP contribution in [-0.2, 0) is 9.53 Å². The number of ether oxygens (including phenoxy) is 2. The topological polar surface area (TPSA) is 76.0 Å². The number of esters is 1. The zero-order valence-corrected chi connectivity index (χ0v) is 15.4. The third-order valence-electron chi connectivity index (χ3n) is 5.23. The van der Waals surface area contributed by atoms with Gasteiger partial charge in [0.05, 0.1) is 12.2 Å². The fourth-order valence-electron chi connectivity index (χ4n) is 3.75. The maximum atomic E-state index is 12.1. The number of aliphatic hydroxyl groups excluding tert-OH is 2. The Bertz CT molecular complexity index is 654. The van der Waals surface area contributed by atoms with Crippen LogP contribution in [0, 0.1) is 11.8 Å². The van der Waals surface area contributed by atoms with E-state index in [2.05, 4.69) is 0 Å². The van der Waals surface area contributed by atoms with Crippen molar-refractivity contribution >= 4 is 5.97 Å². The van der Waals surface area contributed by atoms with Crippen LogP contribution in [0.3, 0.4) is 0 Å². The molecule has 0 spiro atoms. The number of carbonyl (C=O) groups excluding carboxylic acids is 1. The third-order valence-corrected chi connectivity index (χ3v) is 5.23. The summed E-state index contributed by atoms with van der Waals surface area (Å²) in [5, 5.41) is 20.6. The van der Waals surface area contributed by atoms with E-state index in [0.29, 0.717) is 25.0 Å². The van der Waals surface area contributed by atoms with Crippen molar-refractivity contribution in [2.24, 2.45) is 11.8 Å². The number of para-hydroxylation sites is 1. The van der Waals surface area contributed by atoms with Gasteiger partial charge in [0.25, 0.3) is 0 Å². The summed E-state index contributed by atoms with van der Waals surface area (Å²) in [6.45, 7) is 0.209. The number of fused-ring (bicyclic) bond motifs is 1. The highest BCUT2D eigenvalue weighted by molar-refractivity contribution is 5.69. The van der Waals surface area contributed by atoms with Gasteiger partial charge in [-0.25, -0.2) is 0 Å². The van der Waals surface area contributed by atoms with Gasteiger partial charge in [0.1, 0.15) is 12.4 Å². The summed E-state index contributed by atoms with van der Waals surface area (Å²) >= 11 is 0. The minimum Gasteiger partial charge on any atom is -0.489 e. The number of hydrogen-bond acceptors (Lipinski definition) is 5. The van der Waals surface area contributed by atoms with Crippen LogP contribution < -0.4 is 4.74 Å². The van der Waals surface area contributed by atoms with E-state index in [-0.39, 0.29) is 24.4 Å². The Kier molecular flexibility index (Phi) is 7.07. The highest BCUT2D eigenvalue weighted by Gasteiger charge is 2.39. The van der Waals surface area contributed by atoms with Gasteiger partial charge in [0.15, 0.2) is 6.10 Å². The molecule has 1 heterocycles. The molecule has 0 saturated heterocycles. The number of cyclic esters (lactones) is 1. The molecule has 5 nitrogen and oxygen atoms in total. The highest BCUT2D eigenvalue weighted by Crippen LogP contribution is 2.36. The Balaban J connectivity index is 1.73. The average molecular weight is 372 g/mol. The van der Waals surface area contributed by atoms with Crippen LogP contribution in [0.1, 0.15) is 32.1 Å². The molecule has 1 aromatic carbocycles. The van der Waals surface area contributed by atoms with Gasteiger partial charge in [-0.1, -0.05) is 36.4 Å². The van der Waals surface area contributed by atoms with Gasteiger partial charge >= 0.3 is 5.97 Å². The van der Waals surface area contributed by atoms with Crippen LogP contribution in [0.25, 0.3) is 0 Å². The fraction of sp³-hybridized carbons (Fsp3) is 0.500. The molecule has 0 amide bonds. The first kappa shape index (κ1) is 19.6. The molecule has 1 fully saturated rings. The monoisotopic (exact) mass is 372 g/mol. The standard InChI is InChI=1S/C22H28O5/c23-20-14-21(24)19-13-12-17(15-26-16-8-4-3-5-9-16)27-22(25)11-7-2-1-6-10-18(19)20/h1,3-6,8-9,12-13,17-21,23-24H,2,7,10-11,14-15H2/b6-1-,13-12+/t17-,18-,19-,20+,21-/m1/s1. The van der Waals surface area contributed by atoms with E-state index in [1.165, 1.54) is 0 Å². The van der Waals surface area contributed by atoms with Crippen molar-refractivity contribution < 1.29 is 24.5 Å². The second-order valence-corrected chi connectivity index (χ2v) is 7.25. The summed E-state index contributed by atoms with van der Waals surface area (Å²) in [7, 11) is 0. The van der Waals surface area contributed by atoms with Crippen LogP contribution in [0.5, 0.6) is 5.75 Å². The molecule has 1 aliphatic carbocycles.